The number of methoxy groups -OCH3 is 1. The molecule has 5 rings (SSSR count). The molecule has 254 valence electrons. The van der Waals surface area contributed by atoms with E-state index in [2.05, 4.69) is 34.6 Å². The molecule has 0 saturated heterocycles. The van der Waals surface area contributed by atoms with Gasteiger partial charge < -0.3 is 23.7 Å². The summed E-state index contributed by atoms with van der Waals surface area (Å²) in [5.74, 6) is -0.925. The lowest BCUT2D eigenvalue weighted by atomic mass is 10.0. The lowest BCUT2D eigenvalue weighted by molar-refractivity contribution is -0.142. The van der Waals surface area contributed by atoms with Crippen molar-refractivity contribution < 1.29 is 37.2 Å². The van der Waals surface area contributed by atoms with Crippen LogP contribution in [0.2, 0.25) is 0 Å². The number of anilines is 1. The zero-order valence-electron chi connectivity index (χ0n) is 28.0. The van der Waals surface area contributed by atoms with E-state index in [4.69, 9.17) is 18.4 Å². The fraction of sp³-hybridized carbons (Fsp3) is 0.270. The molecule has 0 radical (unpaired) electrons. The summed E-state index contributed by atoms with van der Waals surface area (Å²) in [6.07, 6.45) is -0.643. The molecule has 1 atom stereocenters. The quantitative estimate of drug-likeness (QED) is 0.142. The zero-order chi connectivity index (χ0) is 35.3. The van der Waals surface area contributed by atoms with Crippen LogP contribution in [0.15, 0.2) is 87.8 Å². The van der Waals surface area contributed by atoms with Gasteiger partial charge in [0.05, 0.1) is 12.7 Å². The number of carbonyl (C=O) groups is 3. The number of nitrogens with one attached hydrogen (secondary N) is 2. The molecule has 0 saturated carbocycles. The van der Waals surface area contributed by atoms with Crippen LogP contribution in [0.5, 0.6) is 0 Å². The number of aromatic nitrogens is 2. The van der Waals surface area contributed by atoms with E-state index in [-0.39, 0.29) is 29.5 Å². The summed E-state index contributed by atoms with van der Waals surface area (Å²) in [5, 5.41) is 9.19. The van der Waals surface area contributed by atoms with Crippen molar-refractivity contribution in [1.29, 1.82) is 0 Å². The summed E-state index contributed by atoms with van der Waals surface area (Å²) in [4.78, 5) is 42.0. The Labute approximate surface area is 282 Å². The third-order valence-electron chi connectivity index (χ3n) is 7.40. The number of halogens is 1. The molecule has 2 aromatic heterocycles. The molecule has 2 heterocycles. The summed E-state index contributed by atoms with van der Waals surface area (Å²) in [5.41, 5.74) is 2.89. The van der Waals surface area contributed by atoms with Crippen LogP contribution in [0.4, 0.5) is 14.9 Å². The van der Waals surface area contributed by atoms with Crippen molar-refractivity contribution in [1.82, 2.24) is 15.5 Å². The number of amides is 2. The van der Waals surface area contributed by atoms with Gasteiger partial charge in [-0.05, 0) is 86.3 Å². The second-order valence-corrected chi connectivity index (χ2v) is 12.6. The second-order valence-electron chi connectivity index (χ2n) is 12.6. The van der Waals surface area contributed by atoms with E-state index in [1.54, 1.807) is 57.2 Å². The smallest absolute Gasteiger partial charge is 0.412 e. The first-order valence-electron chi connectivity index (χ1n) is 15.6. The monoisotopic (exact) mass is 668 g/mol. The molecule has 2 amide bonds. The van der Waals surface area contributed by atoms with Crippen LogP contribution in [-0.4, -0.2) is 46.9 Å². The van der Waals surface area contributed by atoms with Crippen LogP contribution in [0.25, 0.3) is 34.2 Å². The van der Waals surface area contributed by atoms with Crippen LogP contribution in [0, 0.1) is 5.82 Å². The molecule has 0 aliphatic rings. The minimum atomic E-state index is -1.12. The normalized spacial score (nSPS) is 12.0. The molecule has 2 N–H and O–H groups in total. The first-order chi connectivity index (χ1) is 23.3. The summed E-state index contributed by atoms with van der Waals surface area (Å²) < 4.78 is 36.6. The van der Waals surface area contributed by atoms with Gasteiger partial charge in [-0.3, -0.25) is 10.1 Å². The Kier molecular flexibility index (Phi) is 10.3. The Hall–Kier alpha value is -5.78. The Balaban J connectivity index is 1.24. The minimum absolute atomic E-state index is 0.0141. The largest absolute Gasteiger partial charge is 0.467 e. The first kappa shape index (κ1) is 34.6. The maximum Gasteiger partial charge on any atom is 0.412 e. The molecule has 11 nitrogen and oxygen atoms in total. The SMILES string of the molecule is COC(=O)C(Cc1ccc(-c2noc(-c3ccc(NC(=O)OC(C)(C)C)cc3)n2)c(F)c1)NC(=O)c1ccc(-c2ccc(C(C)C)cc2)o1. The lowest BCUT2D eigenvalue weighted by Crippen LogP contribution is -2.43. The summed E-state index contributed by atoms with van der Waals surface area (Å²) in [7, 11) is 1.20. The number of benzene rings is 3. The van der Waals surface area contributed by atoms with Crippen LogP contribution < -0.4 is 10.6 Å². The summed E-state index contributed by atoms with van der Waals surface area (Å²) in [6, 6.07) is 20.9. The van der Waals surface area contributed by atoms with E-state index in [1.807, 2.05) is 24.3 Å². The third-order valence-corrected chi connectivity index (χ3v) is 7.40. The zero-order valence-corrected chi connectivity index (χ0v) is 28.0. The summed E-state index contributed by atoms with van der Waals surface area (Å²) >= 11 is 0. The molecular weight excluding hydrogens is 631 g/mol. The van der Waals surface area contributed by atoms with Gasteiger partial charge in [0.25, 0.3) is 11.8 Å². The third kappa shape index (κ3) is 8.78. The Bertz CT molecular complexity index is 1940. The predicted molar refractivity (Wildman–Crippen MR) is 180 cm³/mol. The maximum absolute atomic E-state index is 15.3. The van der Waals surface area contributed by atoms with Gasteiger partial charge in [-0.1, -0.05) is 49.3 Å². The molecule has 0 fully saturated rings. The number of nitrogens with zero attached hydrogens (tertiary/aromatic N) is 2. The van der Waals surface area contributed by atoms with Crippen molar-refractivity contribution in [3.63, 3.8) is 0 Å². The molecule has 0 bridgehead atoms. The minimum Gasteiger partial charge on any atom is -0.467 e. The van der Waals surface area contributed by atoms with E-state index in [9.17, 15) is 14.4 Å². The molecule has 12 heteroatoms. The molecule has 3 aromatic carbocycles. The van der Waals surface area contributed by atoms with Crippen molar-refractivity contribution >= 4 is 23.7 Å². The maximum atomic E-state index is 15.3. The topological polar surface area (TPSA) is 146 Å². The number of carbonyl (C=O) groups excluding carboxylic acids is 3. The van der Waals surface area contributed by atoms with Crippen molar-refractivity contribution in [3.8, 4) is 34.2 Å². The van der Waals surface area contributed by atoms with Gasteiger partial charge in [0.15, 0.2) is 5.76 Å². The fourth-order valence-electron chi connectivity index (χ4n) is 4.88. The second kappa shape index (κ2) is 14.5. The van der Waals surface area contributed by atoms with E-state index in [0.717, 1.165) is 5.56 Å². The lowest BCUT2D eigenvalue weighted by Gasteiger charge is -2.19. The number of ether oxygens (including phenoxy) is 2. The highest BCUT2D eigenvalue weighted by Gasteiger charge is 2.25. The van der Waals surface area contributed by atoms with Crippen LogP contribution in [-0.2, 0) is 20.7 Å². The van der Waals surface area contributed by atoms with Crippen molar-refractivity contribution in [2.75, 3.05) is 12.4 Å². The van der Waals surface area contributed by atoms with Crippen molar-refractivity contribution in [3.05, 3.63) is 102 Å². The fourth-order valence-corrected chi connectivity index (χ4v) is 4.88. The molecule has 0 aliphatic heterocycles. The highest BCUT2D eigenvalue weighted by molar-refractivity contribution is 5.95. The standard InChI is InChI=1S/C37H37FN4O7/c1-21(2)23-8-10-24(11-9-23)30-17-18-31(47-30)33(43)40-29(35(44)46-6)20-22-7-16-27(28(38)19-22)32-41-34(49-42-32)25-12-14-26(15-13-25)39-36(45)48-37(3,4)5/h7-19,21,29H,20H2,1-6H3,(H,39,45)(H,40,43). The molecule has 1 unspecified atom stereocenters. The molecule has 0 spiro atoms. The van der Waals surface area contributed by atoms with Gasteiger partial charge in [0, 0.05) is 23.2 Å². The molecule has 5 aromatic rings. The predicted octanol–water partition coefficient (Wildman–Crippen LogP) is 7.79. The van der Waals surface area contributed by atoms with Crippen molar-refractivity contribution in [2.45, 2.75) is 58.6 Å². The van der Waals surface area contributed by atoms with Gasteiger partial charge >= 0.3 is 12.1 Å². The Morgan fingerprint density at radius 1 is 0.918 bits per heavy atom. The molecular formula is C37H37FN4O7. The van der Waals surface area contributed by atoms with Crippen LogP contribution in [0.3, 0.4) is 0 Å². The van der Waals surface area contributed by atoms with Crippen LogP contribution >= 0.6 is 0 Å². The van der Waals surface area contributed by atoms with Crippen LogP contribution in [0.1, 0.15) is 62.2 Å². The number of hydrogen-bond donors (Lipinski definition) is 2. The van der Waals surface area contributed by atoms with E-state index in [1.165, 1.54) is 30.9 Å². The number of rotatable bonds is 10. The Morgan fingerprint density at radius 2 is 1.61 bits per heavy atom. The van der Waals surface area contributed by atoms with Crippen molar-refractivity contribution in [2.24, 2.45) is 0 Å². The average molecular weight is 669 g/mol. The van der Waals surface area contributed by atoms with Gasteiger partial charge in [0.2, 0.25) is 5.82 Å². The molecule has 0 aliphatic carbocycles. The van der Waals surface area contributed by atoms with E-state index in [0.29, 0.717) is 28.5 Å². The number of esters is 1. The highest BCUT2D eigenvalue weighted by atomic mass is 19.1. The van der Waals surface area contributed by atoms with Gasteiger partial charge in [-0.2, -0.15) is 4.98 Å². The summed E-state index contributed by atoms with van der Waals surface area (Å²) in [6.45, 7) is 9.51. The number of furan rings is 1. The van der Waals surface area contributed by atoms with Gasteiger partial charge in [-0.25, -0.2) is 14.0 Å². The Morgan fingerprint density at radius 3 is 2.24 bits per heavy atom. The van der Waals surface area contributed by atoms with E-state index >= 15 is 4.39 Å². The number of hydrogen-bond acceptors (Lipinski definition) is 9. The first-order valence-corrected chi connectivity index (χ1v) is 15.6. The van der Waals surface area contributed by atoms with Gasteiger partial charge in [-0.15, -0.1) is 0 Å². The van der Waals surface area contributed by atoms with Gasteiger partial charge in [0.1, 0.15) is 23.2 Å². The molecule has 49 heavy (non-hydrogen) atoms. The highest BCUT2D eigenvalue weighted by Crippen LogP contribution is 2.27. The van der Waals surface area contributed by atoms with E-state index < -0.39 is 35.4 Å². The average Bonchev–Trinajstić information content (AvgIpc) is 3.75.